The largest absolute Gasteiger partial charge is 0.435 e. The average molecular weight is 737 g/mol. The summed E-state index contributed by atoms with van der Waals surface area (Å²) in [4.78, 5) is 31.6. The number of pyridine rings is 1. The topological polar surface area (TPSA) is 97.1 Å². The van der Waals surface area contributed by atoms with Gasteiger partial charge in [0.25, 0.3) is 11.8 Å². The van der Waals surface area contributed by atoms with Gasteiger partial charge in [-0.15, -0.1) is 0 Å². The normalized spacial score (nSPS) is 20.6. The molecular formula is C39H31F7N4O3. The molecule has 8 rings (SSSR count). The first kappa shape index (κ1) is 35.0. The van der Waals surface area contributed by atoms with Crippen molar-refractivity contribution < 1.29 is 45.4 Å². The zero-order valence-corrected chi connectivity index (χ0v) is 28.3. The number of carbonyl (C=O) groups excluding carboxylic acids is 2. The molecule has 274 valence electrons. The molecule has 0 radical (unpaired) electrons. The highest BCUT2D eigenvalue weighted by Crippen LogP contribution is 2.68. The second-order valence-electron chi connectivity index (χ2n) is 15.0. The first-order chi connectivity index (χ1) is 24.8. The van der Waals surface area contributed by atoms with Gasteiger partial charge in [-0.05, 0) is 98.4 Å². The number of hydrogen-bond donors (Lipinski definition) is 2. The Bertz CT molecular complexity index is 2270. The smallest absolute Gasteiger partial charge is 0.378 e. The summed E-state index contributed by atoms with van der Waals surface area (Å²) in [5.74, 6) is -4.33. The number of nitrogens with one attached hydrogen (secondary N) is 1. The molecule has 0 unspecified atom stereocenters. The molecular weight excluding hydrogens is 705 g/mol. The van der Waals surface area contributed by atoms with E-state index in [1.807, 2.05) is 6.07 Å². The molecule has 4 aliphatic rings. The Balaban J connectivity index is 1.22. The monoisotopic (exact) mass is 736 g/mol. The number of amides is 1. The fourth-order valence-electron chi connectivity index (χ4n) is 7.88. The van der Waals surface area contributed by atoms with Crippen LogP contribution >= 0.6 is 0 Å². The van der Waals surface area contributed by atoms with E-state index in [4.69, 9.17) is 4.98 Å². The van der Waals surface area contributed by atoms with Crippen LogP contribution < -0.4 is 5.32 Å². The van der Waals surface area contributed by atoms with E-state index in [1.165, 1.54) is 13.8 Å². The van der Waals surface area contributed by atoms with Crippen molar-refractivity contribution in [3.8, 4) is 23.0 Å². The second kappa shape index (κ2) is 11.7. The zero-order chi connectivity index (χ0) is 37.8. The number of Topliss-reactive ketones (excluding diaryl/α,β-unsaturated/α-hetero) is 1. The van der Waals surface area contributed by atoms with Crippen molar-refractivity contribution in [2.45, 2.75) is 87.6 Å². The molecule has 3 heterocycles. The lowest BCUT2D eigenvalue weighted by atomic mass is 9.86. The molecule has 0 bridgehead atoms. The Morgan fingerprint density at radius 2 is 1.77 bits per heavy atom. The SMILES string of the molecule is CC(C)(O)C#Cc1ccc(-c2ccc3c(c2)C(=O)NC32CC2)c([C@@H](CC(=O)Cn2nc(C(F)(F)F)c3c2C(F)(F)[C@@H]2C[C@H]32)Cc2cc(F)cc(F)c2)n1. The summed E-state index contributed by atoms with van der Waals surface area (Å²) in [5, 5.41) is 16.7. The molecule has 53 heavy (non-hydrogen) atoms. The summed E-state index contributed by atoms with van der Waals surface area (Å²) in [6.45, 7) is 2.00. The van der Waals surface area contributed by atoms with Gasteiger partial charge >= 0.3 is 6.18 Å². The van der Waals surface area contributed by atoms with Crippen molar-refractivity contribution in [2.75, 3.05) is 0 Å². The molecule has 14 heteroatoms. The molecule has 4 aromatic rings. The highest BCUT2D eigenvalue weighted by Gasteiger charge is 2.68. The van der Waals surface area contributed by atoms with Crippen molar-refractivity contribution >= 4 is 11.7 Å². The maximum Gasteiger partial charge on any atom is 0.435 e. The Kier molecular flexibility index (Phi) is 7.75. The van der Waals surface area contributed by atoms with Gasteiger partial charge in [0.15, 0.2) is 11.5 Å². The molecule has 1 spiro atoms. The number of halogens is 7. The fraction of sp³-hybridized carbons (Fsp3) is 0.385. The summed E-state index contributed by atoms with van der Waals surface area (Å²) >= 11 is 0. The molecule has 2 aromatic heterocycles. The standard InChI is InChI=1S/C39H31F7N4O3/c1-36(2,53)8-7-24-4-5-26(20-3-6-29-28(15-20)35(52)48-37(29)9-10-37)32(47-24)21(11-19-12-22(40)16-23(41)13-19)14-25(51)18-50-34-31(33(49-50)39(44,45)46)27-17-30(27)38(34,42)43/h3-6,12-13,15-16,21,27,30,53H,9-11,14,17-18H2,1-2H3,(H,48,52)/t21-,27+,30-/m1/s1. The van der Waals surface area contributed by atoms with E-state index in [0.29, 0.717) is 27.4 Å². The van der Waals surface area contributed by atoms with E-state index < -0.39 is 88.3 Å². The lowest BCUT2D eigenvalue weighted by Gasteiger charge is -2.21. The number of benzene rings is 2. The van der Waals surface area contributed by atoms with Crippen LogP contribution in [0.4, 0.5) is 30.7 Å². The minimum absolute atomic E-state index is 0.110. The zero-order valence-electron chi connectivity index (χ0n) is 28.3. The molecule has 0 saturated heterocycles. The van der Waals surface area contributed by atoms with Crippen LogP contribution in [-0.2, 0) is 35.4 Å². The van der Waals surface area contributed by atoms with Gasteiger partial charge in [-0.25, -0.2) is 13.8 Å². The fourth-order valence-corrected chi connectivity index (χ4v) is 7.88. The number of nitrogens with zero attached hydrogens (tertiary/aromatic N) is 3. The first-order valence-electron chi connectivity index (χ1n) is 17.1. The highest BCUT2D eigenvalue weighted by molar-refractivity contribution is 6.01. The summed E-state index contributed by atoms with van der Waals surface area (Å²) in [6, 6.07) is 11.3. The lowest BCUT2D eigenvalue weighted by Crippen LogP contribution is -2.25. The van der Waals surface area contributed by atoms with Crippen LogP contribution in [0.1, 0.15) is 101 Å². The third-order valence-electron chi connectivity index (χ3n) is 10.4. The minimum Gasteiger partial charge on any atom is -0.378 e. The Morgan fingerprint density at radius 1 is 1.06 bits per heavy atom. The van der Waals surface area contributed by atoms with E-state index in [2.05, 4.69) is 22.3 Å². The summed E-state index contributed by atoms with van der Waals surface area (Å²) in [6.07, 6.45) is -4.27. The number of carbonyl (C=O) groups is 2. The highest BCUT2D eigenvalue weighted by atomic mass is 19.4. The lowest BCUT2D eigenvalue weighted by molar-refractivity contribution is -0.142. The maximum atomic E-state index is 15.3. The third-order valence-corrected chi connectivity index (χ3v) is 10.4. The maximum absolute atomic E-state index is 15.3. The number of rotatable bonds is 8. The van der Waals surface area contributed by atoms with Crippen LogP contribution in [0.15, 0.2) is 48.5 Å². The van der Waals surface area contributed by atoms with E-state index >= 15 is 8.78 Å². The van der Waals surface area contributed by atoms with Crippen molar-refractivity contribution in [3.05, 3.63) is 105 Å². The summed E-state index contributed by atoms with van der Waals surface area (Å²) in [7, 11) is 0. The van der Waals surface area contributed by atoms with Gasteiger partial charge in [0, 0.05) is 41.0 Å². The van der Waals surface area contributed by atoms with Crippen molar-refractivity contribution in [1.29, 1.82) is 0 Å². The van der Waals surface area contributed by atoms with Gasteiger partial charge in [0.2, 0.25) is 0 Å². The number of ketones is 1. The second-order valence-corrected chi connectivity index (χ2v) is 15.0. The van der Waals surface area contributed by atoms with Crippen molar-refractivity contribution in [1.82, 2.24) is 20.1 Å². The van der Waals surface area contributed by atoms with Crippen LogP contribution in [-0.4, -0.2) is 37.2 Å². The average Bonchev–Trinajstić information content (AvgIpc) is 3.95. The van der Waals surface area contributed by atoms with Gasteiger partial charge in [0.05, 0.1) is 11.2 Å². The van der Waals surface area contributed by atoms with Gasteiger partial charge in [0.1, 0.15) is 35.2 Å². The van der Waals surface area contributed by atoms with Crippen LogP contribution in [0.3, 0.4) is 0 Å². The molecule has 2 N–H and O–H groups in total. The van der Waals surface area contributed by atoms with E-state index in [-0.39, 0.29) is 35.7 Å². The summed E-state index contributed by atoms with van der Waals surface area (Å²) in [5.41, 5.74) is -2.06. The van der Waals surface area contributed by atoms with Crippen molar-refractivity contribution in [3.63, 3.8) is 0 Å². The quantitative estimate of drug-likeness (QED) is 0.146. The van der Waals surface area contributed by atoms with Crippen LogP contribution in [0, 0.1) is 29.4 Å². The van der Waals surface area contributed by atoms with Gasteiger partial charge in [-0.3, -0.25) is 14.3 Å². The van der Waals surface area contributed by atoms with Crippen LogP contribution in [0.2, 0.25) is 0 Å². The van der Waals surface area contributed by atoms with Gasteiger partial charge < -0.3 is 10.4 Å². The first-order valence-corrected chi connectivity index (χ1v) is 17.1. The number of hydrogen-bond acceptors (Lipinski definition) is 5. The Labute approximate surface area is 298 Å². The van der Waals surface area contributed by atoms with Crippen molar-refractivity contribution in [2.24, 2.45) is 5.92 Å². The van der Waals surface area contributed by atoms with E-state index in [0.717, 1.165) is 30.5 Å². The molecule has 2 fully saturated rings. The number of aliphatic hydroxyl groups is 1. The predicted molar refractivity (Wildman–Crippen MR) is 176 cm³/mol. The number of aromatic nitrogens is 3. The Hall–Kier alpha value is -5.03. The third kappa shape index (κ3) is 6.28. The van der Waals surface area contributed by atoms with Gasteiger partial charge in [-0.2, -0.15) is 27.1 Å². The summed E-state index contributed by atoms with van der Waals surface area (Å²) < 4.78 is 102. The number of alkyl halides is 5. The molecule has 7 nitrogen and oxygen atoms in total. The minimum atomic E-state index is -5.02. The van der Waals surface area contributed by atoms with Crippen LogP contribution in [0.5, 0.6) is 0 Å². The van der Waals surface area contributed by atoms with Gasteiger partial charge in [-0.1, -0.05) is 18.1 Å². The predicted octanol–water partition coefficient (Wildman–Crippen LogP) is 7.29. The molecule has 3 aliphatic carbocycles. The van der Waals surface area contributed by atoms with E-state index in [9.17, 15) is 36.6 Å². The van der Waals surface area contributed by atoms with E-state index in [1.54, 1.807) is 24.3 Å². The van der Waals surface area contributed by atoms with Crippen LogP contribution in [0.25, 0.3) is 11.1 Å². The Morgan fingerprint density at radius 3 is 2.43 bits per heavy atom. The molecule has 1 amide bonds. The molecule has 1 aliphatic heterocycles. The number of fused-ring (bicyclic) bond motifs is 5. The molecule has 3 atom stereocenters. The molecule has 2 saturated carbocycles. The molecule has 2 aromatic carbocycles.